The van der Waals surface area contributed by atoms with E-state index in [-0.39, 0.29) is 11.4 Å². The summed E-state index contributed by atoms with van der Waals surface area (Å²) >= 11 is 3.48. The first-order valence-electron chi connectivity index (χ1n) is 6.08. The SMILES string of the molecule is Cc1ccc(Oc2cc(C)c(Br)c(C)c2)c([N+](=O)[O-])c1. The third kappa shape index (κ3) is 2.99. The van der Waals surface area contributed by atoms with Crippen molar-refractivity contribution < 1.29 is 9.66 Å². The first-order chi connectivity index (χ1) is 9.38. The molecule has 0 aliphatic carbocycles. The molecule has 0 unspecified atom stereocenters. The Labute approximate surface area is 125 Å². The van der Waals surface area contributed by atoms with Gasteiger partial charge < -0.3 is 4.74 Å². The van der Waals surface area contributed by atoms with E-state index in [2.05, 4.69) is 15.9 Å². The van der Waals surface area contributed by atoms with Gasteiger partial charge in [0.25, 0.3) is 0 Å². The molecule has 0 atom stereocenters. The Morgan fingerprint density at radius 1 is 1.10 bits per heavy atom. The molecular formula is C15H14BrNO3. The molecule has 0 spiro atoms. The minimum Gasteiger partial charge on any atom is -0.450 e. The van der Waals surface area contributed by atoms with E-state index in [9.17, 15) is 10.1 Å². The van der Waals surface area contributed by atoms with Gasteiger partial charge in [0.1, 0.15) is 5.75 Å². The fourth-order valence-corrected chi connectivity index (χ4v) is 2.18. The molecule has 2 aromatic carbocycles. The number of hydrogen-bond acceptors (Lipinski definition) is 3. The van der Waals surface area contributed by atoms with Gasteiger partial charge in [-0.05, 0) is 55.7 Å². The van der Waals surface area contributed by atoms with Gasteiger partial charge in [0.2, 0.25) is 5.75 Å². The van der Waals surface area contributed by atoms with E-state index in [0.29, 0.717) is 5.75 Å². The highest BCUT2D eigenvalue weighted by molar-refractivity contribution is 9.10. The van der Waals surface area contributed by atoms with Crippen molar-refractivity contribution in [1.29, 1.82) is 0 Å². The Bertz CT molecular complexity index is 660. The third-order valence-corrected chi connectivity index (χ3v) is 4.20. The fraction of sp³-hybridized carbons (Fsp3) is 0.200. The molecule has 0 heterocycles. The van der Waals surface area contributed by atoms with Crippen molar-refractivity contribution in [1.82, 2.24) is 0 Å². The predicted molar refractivity (Wildman–Crippen MR) is 81.5 cm³/mol. The molecule has 0 radical (unpaired) electrons. The zero-order chi connectivity index (χ0) is 14.9. The zero-order valence-corrected chi connectivity index (χ0v) is 13.0. The summed E-state index contributed by atoms with van der Waals surface area (Å²) in [5.41, 5.74) is 2.85. The third-order valence-electron chi connectivity index (χ3n) is 2.95. The van der Waals surface area contributed by atoms with E-state index in [1.807, 2.05) is 32.9 Å². The number of nitro groups is 1. The Morgan fingerprint density at radius 3 is 2.25 bits per heavy atom. The first-order valence-corrected chi connectivity index (χ1v) is 6.87. The van der Waals surface area contributed by atoms with Crippen LogP contribution in [0.15, 0.2) is 34.8 Å². The average molecular weight is 336 g/mol. The smallest absolute Gasteiger partial charge is 0.311 e. The van der Waals surface area contributed by atoms with Gasteiger partial charge in [-0.2, -0.15) is 0 Å². The molecule has 0 amide bonds. The molecule has 2 rings (SSSR count). The van der Waals surface area contributed by atoms with E-state index < -0.39 is 4.92 Å². The average Bonchev–Trinajstić information content (AvgIpc) is 2.37. The lowest BCUT2D eigenvalue weighted by atomic mass is 10.1. The van der Waals surface area contributed by atoms with Gasteiger partial charge in [-0.15, -0.1) is 0 Å². The van der Waals surface area contributed by atoms with Gasteiger partial charge in [-0.1, -0.05) is 22.0 Å². The second kappa shape index (κ2) is 5.63. The maximum Gasteiger partial charge on any atom is 0.311 e. The van der Waals surface area contributed by atoms with Gasteiger partial charge in [0.05, 0.1) is 4.92 Å². The van der Waals surface area contributed by atoms with Crippen molar-refractivity contribution in [3.63, 3.8) is 0 Å². The van der Waals surface area contributed by atoms with Crippen molar-refractivity contribution in [2.45, 2.75) is 20.8 Å². The molecule has 0 aliphatic rings. The largest absolute Gasteiger partial charge is 0.450 e. The number of aryl methyl sites for hydroxylation is 3. The highest BCUT2D eigenvalue weighted by Gasteiger charge is 2.16. The Hall–Kier alpha value is -1.88. The number of nitrogens with zero attached hydrogens (tertiary/aromatic N) is 1. The number of benzene rings is 2. The van der Waals surface area contributed by atoms with Crippen molar-refractivity contribution in [3.05, 3.63) is 61.6 Å². The van der Waals surface area contributed by atoms with Crippen LogP contribution >= 0.6 is 15.9 Å². The molecule has 0 fully saturated rings. The minimum atomic E-state index is -0.430. The lowest BCUT2D eigenvalue weighted by Gasteiger charge is -2.10. The van der Waals surface area contributed by atoms with Crippen LogP contribution < -0.4 is 4.74 Å². The number of halogens is 1. The highest BCUT2D eigenvalue weighted by atomic mass is 79.9. The molecule has 0 aromatic heterocycles. The molecule has 20 heavy (non-hydrogen) atoms. The van der Waals surface area contributed by atoms with Crippen molar-refractivity contribution in [2.75, 3.05) is 0 Å². The van der Waals surface area contributed by atoms with Crippen LogP contribution in [0.3, 0.4) is 0 Å². The van der Waals surface area contributed by atoms with E-state index in [1.165, 1.54) is 6.07 Å². The van der Waals surface area contributed by atoms with Gasteiger partial charge in [-0.3, -0.25) is 10.1 Å². The molecular weight excluding hydrogens is 322 g/mol. The second-order valence-corrected chi connectivity index (χ2v) is 5.49. The van der Waals surface area contributed by atoms with Gasteiger partial charge in [0.15, 0.2) is 0 Å². The summed E-state index contributed by atoms with van der Waals surface area (Å²) in [7, 11) is 0. The van der Waals surface area contributed by atoms with Crippen LogP contribution in [-0.4, -0.2) is 4.92 Å². The van der Waals surface area contributed by atoms with Crippen LogP contribution in [0.25, 0.3) is 0 Å². The standard InChI is InChI=1S/C15H14BrNO3/c1-9-4-5-14(13(6-9)17(18)19)20-12-7-10(2)15(16)11(3)8-12/h4-8H,1-3H3. The van der Waals surface area contributed by atoms with Crippen LogP contribution in [-0.2, 0) is 0 Å². The van der Waals surface area contributed by atoms with E-state index in [0.717, 1.165) is 21.2 Å². The first kappa shape index (κ1) is 14.5. The summed E-state index contributed by atoms with van der Waals surface area (Å²) in [5.74, 6) is 0.844. The molecule has 4 nitrogen and oxygen atoms in total. The summed E-state index contributed by atoms with van der Waals surface area (Å²) in [6.45, 7) is 5.71. The lowest BCUT2D eigenvalue weighted by Crippen LogP contribution is -1.95. The quantitative estimate of drug-likeness (QED) is 0.580. The van der Waals surface area contributed by atoms with E-state index >= 15 is 0 Å². The predicted octanol–water partition coefficient (Wildman–Crippen LogP) is 5.07. The van der Waals surface area contributed by atoms with Crippen molar-refractivity contribution >= 4 is 21.6 Å². The van der Waals surface area contributed by atoms with Crippen LogP contribution in [0.2, 0.25) is 0 Å². The number of nitro benzene ring substituents is 1. The summed E-state index contributed by atoms with van der Waals surface area (Å²) in [4.78, 5) is 10.6. The normalized spacial score (nSPS) is 10.4. The Balaban J connectivity index is 2.42. The maximum absolute atomic E-state index is 11.1. The van der Waals surface area contributed by atoms with Crippen LogP contribution in [0.4, 0.5) is 5.69 Å². The summed E-state index contributed by atoms with van der Waals surface area (Å²) in [5, 5.41) is 11.1. The van der Waals surface area contributed by atoms with Gasteiger partial charge >= 0.3 is 5.69 Å². The van der Waals surface area contributed by atoms with Crippen molar-refractivity contribution in [2.24, 2.45) is 0 Å². The summed E-state index contributed by atoms with van der Waals surface area (Å²) in [6, 6.07) is 8.62. The molecule has 0 bridgehead atoms. The van der Waals surface area contributed by atoms with Gasteiger partial charge in [0, 0.05) is 10.5 Å². The fourth-order valence-electron chi connectivity index (χ4n) is 1.95. The molecule has 0 saturated carbocycles. The maximum atomic E-state index is 11.1. The number of hydrogen-bond donors (Lipinski definition) is 0. The highest BCUT2D eigenvalue weighted by Crippen LogP contribution is 2.34. The molecule has 5 heteroatoms. The lowest BCUT2D eigenvalue weighted by molar-refractivity contribution is -0.385. The van der Waals surface area contributed by atoms with Crippen molar-refractivity contribution in [3.8, 4) is 11.5 Å². The minimum absolute atomic E-state index is 0.0248. The van der Waals surface area contributed by atoms with Crippen LogP contribution in [0, 0.1) is 30.9 Å². The monoisotopic (exact) mass is 335 g/mol. The zero-order valence-electron chi connectivity index (χ0n) is 11.4. The Kier molecular flexibility index (Phi) is 4.09. The van der Waals surface area contributed by atoms with E-state index in [4.69, 9.17) is 4.74 Å². The van der Waals surface area contributed by atoms with Crippen LogP contribution in [0.5, 0.6) is 11.5 Å². The Morgan fingerprint density at radius 2 is 1.70 bits per heavy atom. The summed E-state index contributed by atoms with van der Waals surface area (Å²) < 4.78 is 6.70. The molecule has 0 N–H and O–H groups in total. The topological polar surface area (TPSA) is 52.4 Å². The molecule has 0 saturated heterocycles. The number of ether oxygens (including phenoxy) is 1. The van der Waals surface area contributed by atoms with E-state index in [1.54, 1.807) is 12.1 Å². The van der Waals surface area contributed by atoms with Crippen LogP contribution in [0.1, 0.15) is 16.7 Å². The van der Waals surface area contributed by atoms with Gasteiger partial charge in [-0.25, -0.2) is 0 Å². The molecule has 0 aliphatic heterocycles. The molecule has 2 aromatic rings. The number of rotatable bonds is 3. The summed E-state index contributed by atoms with van der Waals surface area (Å²) in [6.07, 6.45) is 0. The second-order valence-electron chi connectivity index (χ2n) is 4.70. The molecule has 104 valence electrons.